The van der Waals surface area contributed by atoms with Gasteiger partial charge in [-0.3, -0.25) is 0 Å². The highest BCUT2D eigenvalue weighted by atomic mass is 32.2. The van der Waals surface area contributed by atoms with Gasteiger partial charge in [-0.1, -0.05) is 113 Å². The predicted molar refractivity (Wildman–Crippen MR) is 157 cm³/mol. The number of rotatable bonds is 8. The van der Waals surface area contributed by atoms with Gasteiger partial charge in [0.2, 0.25) is 10.0 Å². The van der Waals surface area contributed by atoms with E-state index in [1.807, 2.05) is 55.5 Å². The van der Waals surface area contributed by atoms with Crippen LogP contribution in [0.5, 0.6) is 5.75 Å². The van der Waals surface area contributed by atoms with E-state index < -0.39 is 18.8 Å². The van der Waals surface area contributed by atoms with Crippen molar-refractivity contribution in [2.75, 3.05) is 20.2 Å². The van der Waals surface area contributed by atoms with Gasteiger partial charge in [-0.05, 0) is 48.7 Å². The summed E-state index contributed by atoms with van der Waals surface area (Å²) in [4.78, 5) is 0.348. The molecule has 1 atom stereocenters. The van der Waals surface area contributed by atoms with E-state index in [0.717, 1.165) is 28.5 Å². The third kappa shape index (κ3) is 5.83. The first kappa shape index (κ1) is 26.2. The van der Waals surface area contributed by atoms with E-state index in [0.29, 0.717) is 18.0 Å². The second-order valence-electron chi connectivity index (χ2n) is 9.72. The summed E-state index contributed by atoms with van der Waals surface area (Å²) in [7, 11) is -3.09. The fourth-order valence-electron chi connectivity index (χ4n) is 5.03. The third-order valence-corrected chi connectivity index (χ3v) is 11.9. The fourth-order valence-corrected chi connectivity index (χ4v) is 9.39. The Morgan fingerprint density at radius 2 is 1.50 bits per heavy atom. The quantitative estimate of drug-likeness (QED) is 0.296. The molecule has 193 valence electrons. The number of ether oxygens (including phenoxy) is 1. The number of nitrogens with zero attached hydrogens (tertiary/aromatic N) is 1. The first-order chi connectivity index (χ1) is 18.4. The van der Waals surface area contributed by atoms with Crippen molar-refractivity contribution >= 4 is 35.3 Å². The van der Waals surface area contributed by atoms with Crippen LogP contribution < -0.4 is 15.1 Å². The molecule has 1 heterocycles. The van der Waals surface area contributed by atoms with Crippen molar-refractivity contribution in [1.29, 1.82) is 0 Å². The number of hydrogen-bond donors (Lipinski definition) is 0. The summed E-state index contributed by atoms with van der Waals surface area (Å²) in [5, 5.41) is 2.67. The highest BCUT2D eigenvalue weighted by Crippen LogP contribution is 2.33. The molecule has 0 aromatic heterocycles. The smallest absolute Gasteiger partial charge is 0.243 e. The summed E-state index contributed by atoms with van der Waals surface area (Å²) < 4.78 is 34.5. The highest BCUT2D eigenvalue weighted by molar-refractivity contribution is 7.89. The maximum atomic E-state index is 13.7. The van der Waals surface area contributed by atoms with Gasteiger partial charge in [-0.2, -0.15) is 4.31 Å². The van der Waals surface area contributed by atoms with Gasteiger partial charge in [0, 0.05) is 13.1 Å². The molecule has 1 unspecified atom stereocenters. The SMILES string of the molecule is COc1cccc(/C=C2\CN(S(=O)(=O)c3ccc(C)cc3)CC2C[Si](c2ccccc2)c2ccccc2)c1. The number of hydrogen-bond acceptors (Lipinski definition) is 3. The van der Waals surface area contributed by atoms with Gasteiger partial charge >= 0.3 is 0 Å². The Bertz CT molecular complexity index is 1460. The summed E-state index contributed by atoms with van der Waals surface area (Å²) >= 11 is 0. The molecule has 5 rings (SSSR count). The van der Waals surface area contributed by atoms with E-state index in [-0.39, 0.29) is 5.92 Å². The molecule has 1 aliphatic rings. The number of benzene rings is 4. The van der Waals surface area contributed by atoms with Crippen LogP contribution in [0.3, 0.4) is 0 Å². The van der Waals surface area contributed by atoms with Gasteiger partial charge in [-0.25, -0.2) is 8.42 Å². The summed E-state index contributed by atoms with van der Waals surface area (Å²) in [6.07, 6.45) is 2.16. The van der Waals surface area contributed by atoms with E-state index in [4.69, 9.17) is 4.74 Å². The summed E-state index contributed by atoms with van der Waals surface area (Å²) in [5.41, 5.74) is 3.20. The third-order valence-electron chi connectivity index (χ3n) is 7.11. The number of methoxy groups -OCH3 is 1. The van der Waals surface area contributed by atoms with Crippen LogP contribution >= 0.6 is 0 Å². The molecule has 4 aromatic rings. The average Bonchev–Trinajstić information content (AvgIpc) is 3.36. The molecule has 1 fully saturated rings. The highest BCUT2D eigenvalue weighted by Gasteiger charge is 2.37. The number of aryl methyl sites for hydroxylation is 1. The van der Waals surface area contributed by atoms with Gasteiger partial charge in [0.1, 0.15) is 14.5 Å². The van der Waals surface area contributed by atoms with Gasteiger partial charge in [0.05, 0.1) is 12.0 Å². The first-order valence-electron chi connectivity index (χ1n) is 12.8. The van der Waals surface area contributed by atoms with Crippen molar-refractivity contribution in [3.8, 4) is 5.75 Å². The summed E-state index contributed by atoms with van der Waals surface area (Å²) in [5.74, 6) is 0.895. The van der Waals surface area contributed by atoms with Gasteiger partial charge < -0.3 is 4.74 Å². The van der Waals surface area contributed by atoms with Crippen LogP contribution in [-0.4, -0.2) is 41.7 Å². The Morgan fingerprint density at radius 1 is 0.868 bits per heavy atom. The lowest BCUT2D eigenvalue weighted by Gasteiger charge is -2.21. The second kappa shape index (κ2) is 11.5. The Hall–Kier alpha value is -3.45. The molecule has 38 heavy (non-hydrogen) atoms. The molecular formula is C32H32NO3SSi. The minimum absolute atomic E-state index is 0.107. The normalized spacial score (nSPS) is 17.2. The molecule has 0 aliphatic carbocycles. The van der Waals surface area contributed by atoms with Crippen LogP contribution in [-0.2, 0) is 10.0 Å². The van der Waals surface area contributed by atoms with E-state index in [1.165, 1.54) is 10.4 Å². The Morgan fingerprint density at radius 3 is 2.11 bits per heavy atom. The van der Waals surface area contributed by atoms with Crippen LogP contribution in [0.15, 0.2) is 120 Å². The molecule has 4 aromatic carbocycles. The van der Waals surface area contributed by atoms with Crippen LogP contribution in [0, 0.1) is 12.8 Å². The van der Waals surface area contributed by atoms with Gasteiger partial charge in [-0.15, -0.1) is 0 Å². The topological polar surface area (TPSA) is 46.6 Å². The van der Waals surface area contributed by atoms with Crippen molar-refractivity contribution < 1.29 is 13.2 Å². The van der Waals surface area contributed by atoms with Crippen molar-refractivity contribution in [3.63, 3.8) is 0 Å². The van der Waals surface area contributed by atoms with Crippen LogP contribution in [0.2, 0.25) is 6.04 Å². The van der Waals surface area contributed by atoms with Crippen LogP contribution in [0.1, 0.15) is 11.1 Å². The van der Waals surface area contributed by atoms with E-state index in [9.17, 15) is 8.42 Å². The monoisotopic (exact) mass is 538 g/mol. The fraction of sp³-hybridized carbons (Fsp3) is 0.188. The molecule has 4 nitrogen and oxygen atoms in total. The molecule has 1 radical (unpaired) electrons. The van der Waals surface area contributed by atoms with Gasteiger partial charge in [0.15, 0.2) is 0 Å². The van der Waals surface area contributed by atoms with Crippen molar-refractivity contribution in [3.05, 3.63) is 126 Å². The minimum atomic E-state index is -3.61. The molecule has 0 bridgehead atoms. The zero-order chi connectivity index (χ0) is 26.5. The summed E-state index contributed by atoms with van der Waals surface area (Å²) in [6, 6.07) is 37.3. The molecule has 0 spiro atoms. The zero-order valence-electron chi connectivity index (χ0n) is 21.7. The Labute approximate surface area is 227 Å². The average molecular weight is 539 g/mol. The largest absolute Gasteiger partial charge is 0.497 e. The van der Waals surface area contributed by atoms with Crippen molar-refractivity contribution in [1.82, 2.24) is 4.31 Å². The Kier molecular flexibility index (Phi) is 7.93. The molecule has 0 N–H and O–H groups in total. The summed E-state index contributed by atoms with van der Waals surface area (Å²) in [6.45, 7) is 2.82. The molecule has 1 aliphatic heterocycles. The van der Waals surface area contributed by atoms with E-state index in [1.54, 1.807) is 23.5 Å². The van der Waals surface area contributed by atoms with E-state index in [2.05, 4.69) is 54.6 Å². The van der Waals surface area contributed by atoms with Crippen molar-refractivity contribution in [2.45, 2.75) is 17.9 Å². The molecule has 1 saturated heterocycles. The lowest BCUT2D eigenvalue weighted by molar-refractivity contribution is 0.414. The first-order valence-corrected chi connectivity index (χ1v) is 16.0. The predicted octanol–water partition coefficient (Wildman–Crippen LogP) is 5.02. The number of sulfonamides is 1. The lowest BCUT2D eigenvalue weighted by atomic mass is 10.0. The molecule has 6 heteroatoms. The maximum absolute atomic E-state index is 13.7. The maximum Gasteiger partial charge on any atom is 0.243 e. The van der Waals surface area contributed by atoms with Crippen molar-refractivity contribution in [2.24, 2.45) is 5.92 Å². The lowest BCUT2D eigenvalue weighted by Crippen LogP contribution is -2.43. The Balaban J connectivity index is 1.53. The molecule has 0 amide bonds. The molecular weight excluding hydrogens is 507 g/mol. The zero-order valence-corrected chi connectivity index (χ0v) is 23.6. The van der Waals surface area contributed by atoms with Gasteiger partial charge in [0.25, 0.3) is 0 Å². The van der Waals surface area contributed by atoms with E-state index >= 15 is 0 Å². The minimum Gasteiger partial charge on any atom is -0.497 e. The molecule has 0 saturated carbocycles. The van der Waals surface area contributed by atoms with Crippen LogP contribution in [0.4, 0.5) is 0 Å². The standard InChI is InChI=1S/C32H32NO3SSi/c1-25-16-18-30(19-17-25)37(34,35)33-22-27(20-26-10-9-11-29(21-26)36-2)28(23-33)24-38(31-12-5-3-6-13-31)32-14-7-4-8-15-32/h3-21,28H,22-24H2,1-2H3/b27-20+. The second-order valence-corrected chi connectivity index (χ2v) is 14.2. The van der Waals surface area contributed by atoms with Crippen LogP contribution in [0.25, 0.3) is 6.08 Å².